The molecule has 0 aromatic heterocycles. The maximum absolute atomic E-state index is 12.5. The Morgan fingerprint density at radius 1 is 1.14 bits per heavy atom. The number of quaternary nitrogens is 1. The van der Waals surface area contributed by atoms with Gasteiger partial charge >= 0.3 is 0 Å². The van der Waals surface area contributed by atoms with Crippen LogP contribution < -0.4 is 19.7 Å². The summed E-state index contributed by atoms with van der Waals surface area (Å²) in [5.41, 5.74) is 2.72. The largest absolute Gasteiger partial charge is 0.493 e. The molecule has 0 spiro atoms. The summed E-state index contributed by atoms with van der Waals surface area (Å²) in [6.45, 7) is 4.36. The zero-order valence-corrected chi connectivity index (χ0v) is 16.8. The highest BCUT2D eigenvalue weighted by molar-refractivity contribution is 5.95. The van der Waals surface area contributed by atoms with Gasteiger partial charge in [-0.3, -0.25) is 14.9 Å². The fourth-order valence-corrected chi connectivity index (χ4v) is 2.97. The molecule has 150 valence electrons. The molecule has 0 aliphatic carbocycles. The number of carbonyl (C=O) groups excluding carboxylic acids is 1. The van der Waals surface area contributed by atoms with Crippen molar-refractivity contribution >= 4 is 17.3 Å². The second kappa shape index (κ2) is 9.18. The minimum atomic E-state index is -0.484. The van der Waals surface area contributed by atoms with Crippen molar-refractivity contribution in [1.82, 2.24) is 0 Å². The van der Waals surface area contributed by atoms with Crippen LogP contribution in [0.15, 0.2) is 30.3 Å². The number of amides is 1. The third-order valence-corrected chi connectivity index (χ3v) is 4.59. The molecule has 0 heterocycles. The van der Waals surface area contributed by atoms with Gasteiger partial charge in [-0.05, 0) is 43.2 Å². The number of ether oxygens (including phenoxy) is 2. The monoisotopic (exact) mass is 388 g/mol. The van der Waals surface area contributed by atoms with Crippen molar-refractivity contribution in [3.05, 3.63) is 57.1 Å². The molecule has 0 bridgehead atoms. The Balaban J connectivity index is 2.08. The van der Waals surface area contributed by atoms with Gasteiger partial charge in [0.1, 0.15) is 12.2 Å². The van der Waals surface area contributed by atoms with Crippen LogP contribution in [0.3, 0.4) is 0 Å². The SMILES string of the molecule is COc1ccc(C[NH+](C)CC(=O)Nc2c([N+](=O)[O-])ccc(C)c2C)cc1OC. The lowest BCUT2D eigenvalue weighted by Gasteiger charge is -2.16. The van der Waals surface area contributed by atoms with Crippen molar-refractivity contribution in [1.29, 1.82) is 0 Å². The van der Waals surface area contributed by atoms with Gasteiger partial charge in [0.2, 0.25) is 0 Å². The second-order valence-corrected chi connectivity index (χ2v) is 6.71. The number of nitro benzene ring substituents is 1. The Morgan fingerprint density at radius 2 is 1.82 bits per heavy atom. The highest BCUT2D eigenvalue weighted by atomic mass is 16.6. The summed E-state index contributed by atoms with van der Waals surface area (Å²) in [6.07, 6.45) is 0. The van der Waals surface area contributed by atoms with Gasteiger partial charge < -0.3 is 19.7 Å². The molecule has 8 nitrogen and oxygen atoms in total. The minimum Gasteiger partial charge on any atom is -0.493 e. The van der Waals surface area contributed by atoms with Crippen LogP contribution in [0.5, 0.6) is 11.5 Å². The standard InChI is InChI=1S/C20H25N3O5/c1-13-6-8-16(23(25)26)20(14(13)2)21-19(24)12-22(3)11-15-7-9-17(27-4)18(10-15)28-5/h6-10H,11-12H2,1-5H3,(H,21,24)/p+1. The Morgan fingerprint density at radius 3 is 2.43 bits per heavy atom. The van der Waals surface area contributed by atoms with Gasteiger partial charge in [0.15, 0.2) is 18.0 Å². The number of carbonyl (C=O) groups is 1. The molecule has 28 heavy (non-hydrogen) atoms. The van der Waals surface area contributed by atoms with Crippen molar-refractivity contribution in [3.63, 3.8) is 0 Å². The zero-order valence-electron chi connectivity index (χ0n) is 16.8. The molecule has 8 heteroatoms. The summed E-state index contributed by atoms with van der Waals surface area (Å²) in [7, 11) is 5.03. The molecule has 1 unspecified atom stereocenters. The predicted octanol–water partition coefficient (Wildman–Crippen LogP) is 1.88. The van der Waals surface area contributed by atoms with Crippen LogP contribution >= 0.6 is 0 Å². The second-order valence-electron chi connectivity index (χ2n) is 6.71. The minimum absolute atomic E-state index is 0.103. The van der Waals surface area contributed by atoms with E-state index in [1.165, 1.54) is 6.07 Å². The number of methoxy groups -OCH3 is 2. The van der Waals surface area contributed by atoms with Crippen LogP contribution in [-0.4, -0.2) is 38.6 Å². The molecule has 2 aromatic carbocycles. The van der Waals surface area contributed by atoms with Gasteiger partial charge in [0.25, 0.3) is 11.6 Å². The summed E-state index contributed by atoms with van der Waals surface area (Å²) in [5, 5.41) is 14.0. The van der Waals surface area contributed by atoms with Gasteiger partial charge in [0.05, 0.1) is 26.2 Å². The molecule has 1 atom stereocenters. The van der Waals surface area contributed by atoms with Crippen molar-refractivity contribution in [2.75, 3.05) is 33.1 Å². The van der Waals surface area contributed by atoms with E-state index in [1.54, 1.807) is 27.2 Å². The summed E-state index contributed by atoms with van der Waals surface area (Å²) < 4.78 is 10.5. The maximum Gasteiger partial charge on any atom is 0.293 e. The summed E-state index contributed by atoms with van der Waals surface area (Å²) in [5.74, 6) is 0.988. The van der Waals surface area contributed by atoms with Crippen molar-refractivity contribution < 1.29 is 24.1 Å². The lowest BCUT2D eigenvalue weighted by Crippen LogP contribution is -3.08. The number of nitrogens with one attached hydrogen (secondary N) is 2. The molecular formula is C20H26N3O5+. The molecule has 0 radical (unpaired) electrons. The van der Waals surface area contributed by atoms with Gasteiger partial charge in [-0.15, -0.1) is 0 Å². The molecule has 0 saturated carbocycles. The first kappa shape index (κ1) is 21.2. The average Bonchev–Trinajstić information content (AvgIpc) is 2.64. The van der Waals surface area contributed by atoms with E-state index in [0.29, 0.717) is 23.6 Å². The number of nitro groups is 1. The molecular weight excluding hydrogens is 362 g/mol. The molecule has 2 rings (SSSR count). The van der Waals surface area contributed by atoms with Gasteiger partial charge in [0, 0.05) is 11.6 Å². The molecule has 0 saturated heterocycles. The molecule has 2 N–H and O–H groups in total. The lowest BCUT2D eigenvalue weighted by molar-refractivity contribution is -0.885. The quantitative estimate of drug-likeness (QED) is 0.532. The van der Waals surface area contributed by atoms with Crippen LogP contribution in [0.25, 0.3) is 0 Å². The highest BCUT2D eigenvalue weighted by Crippen LogP contribution is 2.30. The molecule has 0 aliphatic rings. The van der Waals surface area contributed by atoms with Crippen LogP contribution in [0, 0.1) is 24.0 Å². The maximum atomic E-state index is 12.5. The van der Waals surface area contributed by atoms with E-state index >= 15 is 0 Å². The van der Waals surface area contributed by atoms with E-state index in [-0.39, 0.29) is 23.8 Å². The van der Waals surface area contributed by atoms with Gasteiger partial charge in [-0.25, -0.2) is 0 Å². The van der Waals surface area contributed by atoms with Gasteiger partial charge in [-0.2, -0.15) is 0 Å². The Kier molecular flexibility index (Phi) is 6.94. The number of anilines is 1. The van der Waals surface area contributed by atoms with Crippen LogP contribution in [0.2, 0.25) is 0 Å². The normalized spacial score (nSPS) is 11.6. The van der Waals surface area contributed by atoms with E-state index in [1.807, 2.05) is 32.2 Å². The number of aryl methyl sites for hydroxylation is 1. The fraction of sp³-hybridized carbons (Fsp3) is 0.350. The summed E-state index contributed by atoms with van der Waals surface area (Å²) in [4.78, 5) is 24.2. The predicted molar refractivity (Wildman–Crippen MR) is 106 cm³/mol. The number of hydrogen-bond donors (Lipinski definition) is 2. The Bertz CT molecular complexity index is 882. The number of likely N-dealkylation sites (N-methyl/N-ethyl adjacent to an activating group) is 1. The highest BCUT2D eigenvalue weighted by Gasteiger charge is 2.21. The Labute approximate surface area is 164 Å². The zero-order chi connectivity index (χ0) is 20.8. The number of nitrogens with zero attached hydrogens (tertiary/aromatic N) is 1. The van der Waals surface area contributed by atoms with Gasteiger partial charge in [-0.1, -0.05) is 6.07 Å². The van der Waals surface area contributed by atoms with E-state index in [4.69, 9.17) is 9.47 Å². The van der Waals surface area contributed by atoms with Crippen LogP contribution in [-0.2, 0) is 11.3 Å². The topological polar surface area (TPSA) is 95.1 Å². The van der Waals surface area contributed by atoms with E-state index in [2.05, 4.69) is 5.32 Å². The molecule has 0 fully saturated rings. The molecule has 1 amide bonds. The number of hydrogen-bond acceptors (Lipinski definition) is 5. The van der Waals surface area contributed by atoms with E-state index in [0.717, 1.165) is 16.0 Å². The van der Waals surface area contributed by atoms with E-state index < -0.39 is 4.92 Å². The van der Waals surface area contributed by atoms with Crippen molar-refractivity contribution in [2.24, 2.45) is 0 Å². The number of benzene rings is 2. The fourth-order valence-electron chi connectivity index (χ4n) is 2.97. The molecule has 2 aromatic rings. The third-order valence-electron chi connectivity index (χ3n) is 4.59. The first-order valence-electron chi connectivity index (χ1n) is 8.83. The van der Waals surface area contributed by atoms with Crippen molar-refractivity contribution in [2.45, 2.75) is 20.4 Å². The summed E-state index contributed by atoms with van der Waals surface area (Å²) in [6, 6.07) is 8.70. The Hall–Kier alpha value is -3.13. The van der Waals surface area contributed by atoms with Crippen molar-refractivity contribution in [3.8, 4) is 11.5 Å². The molecule has 0 aliphatic heterocycles. The first-order chi connectivity index (χ1) is 13.3. The summed E-state index contributed by atoms with van der Waals surface area (Å²) >= 11 is 0. The lowest BCUT2D eigenvalue weighted by atomic mass is 10.1. The van der Waals surface area contributed by atoms with Crippen LogP contribution in [0.4, 0.5) is 11.4 Å². The first-order valence-corrected chi connectivity index (χ1v) is 8.83. The third kappa shape index (κ3) is 4.98. The van der Waals surface area contributed by atoms with Crippen LogP contribution in [0.1, 0.15) is 16.7 Å². The van der Waals surface area contributed by atoms with E-state index in [9.17, 15) is 14.9 Å². The smallest absolute Gasteiger partial charge is 0.293 e. The average molecular weight is 388 g/mol. The number of rotatable bonds is 8.